The molecule has 0 N–H and O–H groups in total. The molecule has 0 saturated carbocycles. The number of allylic oxidation sites excluding steroid dienone is 5. The van der Waals surface area contributed by atoms with Gasteiger partial charge in [0.25, 0.3) is 0 Å². The molecule has 0 unspecified atom stereocenters. The molecule has 4 aliphatic carbocycles. The van der Waals surface area contributed by atoms with Crippen molar-refractivity contribution in [2.24, 2.45) is 15.4 Å². The molecular weight excluding hydrogens is 1260 g/mol. The number of carbonyl (C=O) groups excluding carboxylic acids is 6. The third kappa shape index (κ3) is 9.74. The second kappa shape index (κ2) is 23.8. The lowest BCUT2D eigenvalue weighted by molar-refractivity contribution is -0.167. The molecule has 0 spiro atoms. The predicted octanol–water partition coefficient (Wildman–Crippen LogP) is 13.5. The predicted molar refractivity (Wildman–Crippen MR) is 331 cm³/mol. The van der Waals surface area contributed by atoms with Gasteiger partial charge in [0.2, 0.25) is 22.4 Å². The van der Waals surface area contributed by atoms with Gasteiger partial charge in [-0.1, -0.05) is 121 Å². The van der Waals surface area contributed by atoms with Crippen molar-refractivity contribution in [2.45, 2.75) is 31.8 Å². The van der Waals surface area contributed by atoms with E-state index in [1.807, 2.05) is 0 Å². The van der Waals surface area contributed by atoms with Gasteiger partial charge in [0.15, 0.2) is 23.3 Å². The second-order valence-corrected chi connectivity index (χ2v) is 24.2. The lowest BCUT2D eigenvalue weighted by Gasteiger charge is -2.29. The third-order valence-electron chi connectivity index (χ3n) is 15.8. The van der Waals surface area contributed by atoms with Crippen LogP contribution >= 0.6 is 34.0 Å². The summed E-state index contributed by atoms with van der Waals surface area (Å²) in [5.74, 6) is -13.5. The van der Waals surface area contributed by atoms with Crippen LogP contribution in [0.15, 0.2) is 190 Å². The summed E-state index contributed by atoms with van der Waals surface area (Å²) in [4.78, 5) is 103. The van der Waals surface area contributed by atoms with Crippen LogP contribution in [-0.4, -0.2) is 46.9 Å². The molecule has 4 aliphatic rings. The van der Waals surface area contributed by atoms with Crippen molar-refractivity contribution < 1.29 is 65.3 Å². The first kappa shape index (κ1) is 60.1. The molecule has 23 heteroatoms. The van der Waals surface area contributed by atoms with E-state index in [2.05, 4.69) is 4.99 Å². The van der Waals surface area contributed by atoms with Crippen molar-refractivity contribution in [3.8, 4) is 24.3 Å². The maximum Gasteiger partial charge on any atom is 0.334 e. The highest BCUT2D eigenvalue weighted by Crippen LogP contribution is 2.67. The fourth-order valence-corrected chi connectivity index (χ4v) is 16.0. The Morgan fingerprint density at radius 1 is 0.452 bits per heavy atom. The smallest absolute Gasteiger partial charge is 0.334 e. The molecule has 3 heterocycles. The van der Waals surface area contributed by atoms with E-state index in [9.17, 15) is 39.4 Å². The van der Waals surface area contributed by atoms with Gasteiger partial charge in [0.05, 0.1) is 19.8 Å². The maximum atomic E-state index is 16.3. The Hall–Kier alpha value is -11.9. The normalized spacial score (nSPS) is 15.4. The van der Waals surface area contributed by atoms with Crippen molar-refractivity contribution in [1.29, 1.82) is 21.0 Å². The molecule has 0 atom stereocenters. The van der Waals surface area contributed by atoms with Gasteiger partial charge < -0.3 is 18.9 Å². The number of halogens is 4. The highest BCUT2D eigenvalue weighted by Gasteiger charge is 2.71. The number of benzene rings is 6. The van der Waals surface area contributed by atoms with Gasteiger partial charge in [-0.2, -0.15) is 21.0 Å². The number of ether oxygens (including phenoxy) is 4. The molecule has 13 rings (SSSR count). The van der Waals surface area contributed by atoms with Crippen LogP contribution in [0.2, 0.25) is 0 Å². The zero-order valence-electron chi connectivity index (χ0n) is 47.3. The molecule has 0 radical (unpaired) electrons. The maximum absolute atomic E-state index is 16.3. The SMILES string of the molecule is N#CC(C#N)=C1/C(=N/C2=CC3=C(c4sc5c(sc6cc(/N=C7/C(=O)c8cc(F)c(F)cc8C7=C(C#N)C#N)sc65)c4C3(C(=O)OCc3ccccc3)C(=O)OCc3ccccc3)C2(C(=O)OCc2ccccc2)C(=O)OCc2ccccc2)C(=O)c2cc(F)c(F)cc21. The highest BCUT2D eigenvalue weighted by molar-refractivity contribution is 7.40. The highest BCUT2D eigenvalue weighted by atomic mass is 32.1. The molecule has 16 nitrogen and oxygen atoms in total. The quantitative estimate of drug-likeness (QED) is 0.0322. The number of hydrogen-bond donors (Lipinski definition) is 0. The zero-order chi connectivity index (χ0) is 65.0. The number of ketones is 2. The van der Waals surface area contributed by atoms with Gasteiger partial charge in [0.1, 0.15) is 78.3 Å². The molecule has 6 aromatic carbocycles. The Labute approximate surface area is 534 Å². The summed E-state index contributed by atoms with van der Waals surface area (Å²) in [6.07, 6.45) is 1.02. The Bertz CT molecular complexity index is 5070. The van der Waals surface area contributed by atoms with E-state index < -0.39 is 152 Å². The number of fused-ring (bicyclic) bond motifs is 8. The van der Waals surface area contributed by atoms with Crippen LogP contribution in [0.3, 0.4) is 0 Å². The number of hydrogen-bond acceptors (Lipinski definition) is 19. The summed E-state index contributed by atoms with van der Waals surface area (Å²) in [6, 6.07) is 43.7. The molecule has 0 saturated heterocycles. The number of nitrogens with zero attached hydrogens (tertiary/aromatic N) is 6. The van der Waals surface area contributed by atoms with E-state index in [-0.39, 0.29) is 41.5 Å². The van der Waals surface area contributed by atoms with E-state index in [1.165, 1.54) is 6.07 Å². The number of aliphatic imine (C=N–C) groups is 2. The van der Waals surface area contributed by atoms with Crippen LogP contribution in [0.1, 0.15) is 64.5 Å². The number of thiophene rings is 3. The molecule has 0 aliphatic heterocycles. The van der Waals surface area contributed by atoms with E-state index in [1.54, 1.807) is 146 Å². The summed E-state index contributed by atoms with van der Waals surface area (Å²) in [5, 5.41) is 41.0. The van der Waals surface area contributed by atoms with Gasteiger partial charge in [-0.05, 0) is 64.2 Å². The molecule has 0 fully saturated rings. The number of rotatable bonds is 14. The number of esters is 4. The van der Waals surface area contributed by atoms with Gasteiger partial charge in [0, 0.05) is 54.1 Å². The van der Waals surface area contributed by atoms with Crippen LogP contribution < -0.4 is 0 Å². The van der Waals surface area contributed by atoms with E-state index in [4.69, 9.17) is 23.9 Å². The minimum atomic E-state index is -3.17. The van der Waals surface area contributed by atoms with Crippen molar-refractivity contribution >= 4 is 121 Å². The molecular formula is C70H34F4N6O10S3. The molecule has 450 valence electrons. The minimum Gasteiger partial charge on any atom is -0.459 e. The number of Topliss-reactive ketones (excluding diaryl/α,β-unsaturated/α-hetero) is 2. The monoisotopic (exact) mass is 1290 g/mol. The van der Waals surface area contributed by atoms with Gasteiger partial charge in [-0.25, -0.2) is 27.5 Å². The summed E-state index contributed by atoms with van der Waals surface area (Å²) in [7, 11) is 0. The average molecular weight is 1290 g/mol. The van der Waals surface area contributed by atoms with Crippen LogP contribution in [-0.2, 0) is 70.0 Å². The van der Waals surface area contributed by atoms with E-state index in [0.717, 1.165) is 40.1 Å². The standard InChI is InChI=1S/C70H34F4N6O10S3/c71-46-21-41-43(23-48(46)73)59(81)57(53(41)39(27-75)28-76)79-51-25-45-55(70(51,67(85)89-33-37-17-9-3-10-18-37)68(86)90-34-38-19-11-4-12-20-38)62-56(69(45,65(83)87-31-35-13-5-1-6-14-35)66(84)88-32-36-15-7-2-8-16-36)63-64(93-62)61-50(91-63)26-52(92-61)80-58-54(40(29-77)30-78)42-22-47(72)49(74)24-44(42)60(58)82/h1-26H,31-34H2/b79-57-,80-58+. The lowest BCUT2D eigenvalue weighted by Crippen LogP contribution is -2.46. The van der Waals surface area contributed by atoms with E-state index >= 15 is 28.0 Å². The largest absolute Gasteiger partial charge is 0.459 e. The van der Waals surface area contributed by atoms with Gasteiger partial charge in [-0.15, -0.1) is 34.0 Å². The lowest BCUT2D eigenvalue weighted by atomic mass is 9.77. The molecule has 3 aromatic heterocycles. The van der Waals surface area contributed by atoms with Crippen LogP contribution in [0.5, 0.6) is 0 Å². The first-order chi connectivity index (χ1) is 45.1. The number of nitriles is 4. The van der Waals surface area contributed by atoms with Crippen molar-refractivity contribution in [2.75, 3.05) is 0 Å². The molecule has 93 heavy (non-hydrogen) atoms. The molecule has 0 amide bonds. The first-order valence-electron chi connectivity index (χ1n) is 27.7. The van der Waals surface area contributed by atoms with Crippen LogP contribution in [0.25, 0.3) is 35.5 Å². The van der Waals surface area contributed by atoms with Gasteiger partial charge >= 0.3 is 23.9 Å². The van der Waals surface area contributed by atoms with Crippen molar-refractivity contribution in [1.82, 2.24) is 0 Å². The van der Waals surface area contributed by atoms with Crippen LogP contribution in [0, 0.1) is 74.0 Å². The number of carbonyl (C=O) groups is 6. The van der Waals surface area contributed by atoms with Crippen molar-refractivity contribution in [3.05, 3.63) is 258 Å². The minimum absolute atomic E-state index is 0.0520. The van der Waals surface area contributed by atoms with Crippen LogP contribution in [0.4, 0.5) is 22.6 Å². The third-order valence-corrected chi connectivity index (χ3v) is 19.6. The fourth-order valence-electron chi connectivity index (χ4n) is 11.6. The average Bonchev–Trinajstić information content (AvgIpc) is 1.49. The van der Waals surface area contributed by atoms with Crippen molar-refractivity contribution in [3.63, 3.8) is 0 Å². The fraction of sp³-hybridized carbons (Fsp3) is 0.0857. The Balaban J connectivity index is 1.11. The summed E-state index contributed by atoms with van der Waals surface area (Å²) in [6.45, 7) is -2.09. The zero-order valence-corrected chi connectivity index (χ0v) is 49.8. The summed E-state index contributed by atoms with van der Waals surface area (Å²) >= 11 is 2.77. The van der Waals surface area contributed by atoms with Gasteiger partial charge in [-0.3, -0.25) is 28.8 Å². The Morgan fingerprint density at radius 3 is 1.23 bits per heavy atom. The Kier molecular flexibility index (Phi) is 15.4. The Morgan fingerprint density at radius 2 is 0.828 bits per heavy atom. The summed E-state index contributed by atoms with van der Waals surface area (Å²) < 4.78 is 86.2. The summed E-state index contributed by atoms with van der Waals surface area (Å²) in [5.41, 5.74) is -11.8. The van der Waals surface area contributed by atoms with E-state index in [0.29, 0.717) is 55.9 Å². The first-order valence-corrected chi connectivity index (χ1v) is 30.2. The molecule has 0 bridgehead atoms. The molecule has 9 aromatic rings. The second-order valence-electron chi connectivity index (χ2n) is 21.1. The topological polar surface area (TPSA) is 259 Å².